The zero-order chi connectivity index (χ0) is 18.9. The third-order valence-corrected chi connectivity index (χ3v) is 4.34. The number of carbonyl (C=O) groups excluding carboxylic acids is 1. The average Bonchev–Trinajstić information content (AvgIpc) is 2.53. The summed E-state index contributed by atoms with van der Waals surface area (Å²) >= 11 is 0. The van der Waals surface area contributed by atoms with Crippen molar-refractivity contribution in [2.24, 2.45) is 0 Å². The van der Waals surface area contributed by atoms with Crippen LogP contribution in [-0.4, -0.2) is 63.7 Å². The first kappa shape index (κ1) is 19.8. The van der Waals surface area contributed by atoms with E-state index < -0.39 is 36.7 Å². The van der Waals surface area contributed by atoms with Crippen LogP contribution in [0.2, 0.25) is 0 Å². The van der Waals surface area contributed by atoms with Gasteiger partial charge in [-0.1, -0.05) is 26.8 Å². The van der Waals surface area contributed by atoms with E-state index in [4.69, 9.17) is 9.47 Å². The van der Waals surface area contributed by atoms with Gasteiger partial charge in [-0.15, -0.1) is 0 Å². The zero-order valence-corrected chi connectivity index (χ0v) is 14.8. The molecule has 140 valence electrons. The van der Waals surface area contributed by atoms with Crippen LogP contribution in [0.5, 0.6) is 0 Å². The fraction of sp³-hybridized carbons (Fsp3) is 0.611. The Hall–Kier alpha value is -1.51. The molecule has 25 heavy (non-hydrogen) atoms. The van der Waals surface area contributed by atoms with E-state index >= 15 is 0 Å². The number of rotatable bonds is 3. The Morgan fingerprint density at radius 2 is 1.76 bits per heavy atom. The van der Waals surface area contributed by atoms with Gasteiger partial charge in [0.2, 0.25) is 0 Å². The molecule has 0 saturated carbocycles. The van der Waals surface area contributed by atoms with Gasteiger partial charge in [0.15, 0.2) is 6.29 Å². The fourth-order valence-electron chi connectivity index (χ4n) is 2.94. The maximum absolute atomic E-state index is 12.2. The highest BCUT2D eigenvalue weighted by atomic mass is 16.6. The number of carbonyl (C=O) groups is 1. The molecular formula is C18H26O7. The van der Waals surface area contributed by atoms with Crippen molar-refractivity contribution in [2.75, 3.05) is 6.61 Å². The molecule has 0 spiro atoms. The third-order valence-electron chi connectivity index (χ3n) is 4.34. The van der Waals surface area contributed by atoms with Crippen molar-refractivity contribution in [3.8, 4) is 0 Å². The molecule has 1 unspecified atom stereocenters. The summed E-state index contributed by atoms with van der Waals surface area (Å²) in [6, 6.07) is 5.28. The first-order chi connectivity index (χ1) is 11.5. The minimum absolute atomic E-state index is 0.0420. The van der Waals surface area contributed by atoms with Crippen molar-refractivity contribution in [2.45, 2.75) is 63.8 Å². The van der Waals surface area contributed by atoms with E-state index in [1.54, 1.807) is 12.1 Å². The van der Waals surface area contributed by atoms with Crippen LogP contribution < -0.4 is 0 Å². The highest BCUT2D eigenvalue weighted by Gasteiger charge is 2.43. The Morgan fingerprint density at radius 3 is 2.32 bits per heavy atom. The predicted molar refractivity (Wildman–Crippen MR) is 89.1 cm³/mol. The Bertz CT molecular complexity index is 622. The molecule has 0 aliphatic carbocycles. The molecule has 1 aliphatic rings. The lowest BCUT2D eigenvalue weighted by Crippen LogP contribution is -2.58. The maximum atomic E-state index is 12.2. The van der Waals surface area contributed by atoms with Crippen molar-refractivity contribution in [1.29, 1.82) is 0 Å². The molecule has 4 N–H and O–H groups in total. The molecule has 7 heteroatoms. The molecule has 1 heterocycles. The van der Waals surface area contributed by atoms with Gasteiger partial charge in [0, 0.05) is 0 Å². The van der Waals surface area contributed by atoms with Crippen LogP contribution in [0.4, 0.5) is 0 Å². The van der Waals surface area contributed by atoms with Crippen LogP contribution in [-0.2, 0) is 14.9 Å². The van der Waals surface area contributed by atoms with E-state index in [2.05, 4.69) is 20.8 Å². The van der Waals surface area contributed by atoms with Crippen LogP contribution in [0.25, 0.3) is 0 Å². The number of aliphatic hydroxyl groups is 4. The maximum Gasteiger partial charge on any atom is 0.338 e. The Labute approximate surface area is 146 Å². The second-order valence-corrected chi connectivity index (χ2v) is 7.42. The lowest BCUT2D eigenvalue weighted by Gasteiger charge is -2.37. The van der Waals surface area contributed by atoms with Crippen molar-refractivity contribution in [3.63, 3.8) is 0 Å². The number of ether oxygens (including phenoxy) is 2. The van der Waals surface area contributed by atoms with E-state index in [9.17, 15) is 25.2 Å². The number of hydrogen-bond donors (Lipinski definition) is 4. The summed E-state index contributed by atoms with van der Waals surface area (Å²) in [5.74, 6) is -0.602. The molecule has 2 rings (SSSR count). The number of aliphatic hydroxyl groups excluding tert-OH is 4. The molecule has 5 atom stereocenters. The second kappa shape index (κ2) is 7.39. The van der Waals surface area contributed by atoms with Gasteiger partial charge in [0.05, 0.1) is 5.56 Å². The summed E-state index contributed by atoms with van der Waals surface area (Å²) in [6.45, 7) is 7.81. The molecule has 1 saturated heterocycles. The van der Waals surface area contributed by atoms with Crippen LogP contribution >= 0.6 is 0 Å². The smallest absolute Gasteiger partial charge is 0.338 e. The summed E-state index contributed by atoms with van der Waals surface area (Å²) in [7, 11) is 0. The Morgan fingerprint density at radius 1 is 1.12 bits per heavy atom. The highest BCUT2D eigenvalue weighted by Crippen LogP contribution is 2.26. The normalized spacial score (nSPS) is 30.2. The summed E-state index contributed by atoms with van der Waals surface area (Å²) < 4.78 is 10.1. The van der Waals surface area contributed by atoms with Gasteiger partial charge in [-0.3, -0.25) is 0 Å². The first-order valence-electron chi connectivity index (χ1n) is 8.18. The highest BCUT2D eigenvalue weighted by molar-refractivity contribution is 5.89. The van der Waals surface area contributed by atoms with E-state index in [0.717, 1.165) is 11.1 Å². The van der Waals surface area contributed by atoms with Crippen LogP contribution in [0.15, 0.2) is 18.2 Å². The summed E-state index contributed by atoms with van der Waals surface area (Å²) in [5.41, 5.74) is 2.40. The molecule has 1 aromatic rings. The van der Waals surface area contributed by atoms with Gasteiger partial charge >= 0.3 is 5.97 Å². The largest absolute Gasteiger partial charge is 0.459 e. The van der Waals surface area contributed by atoms with E-state index in [1.165, 1.54) is 0 Å². The van der Waals surface area contributed by atoms with E-state index in [0.29, 0.717) is 5.56 Å². The van der Waals surface area contributed by atoms with Gasteiger partial charge < -0.3 is 29.9 Å². The first-order valence-corrected chi connectivity index (χ1v) is 8.18. The zero-order valence-electron chi connectivity index (χ0n) is 14.8. The third kappa shape index (κ3) is 4.37. The lowest BCUT2D eigenvalue weighted by atomic mass is 9.83. The molecule has 1 aromatic carbocycles. The quantitative estimate of drug-likeness (QED) is 0.575. The van der Waals surface area contributed by atoms with Crippen molar-refractivity contribution in [3.05, 3.63) is 34.9 Å². The van der Waals surface area contributed by atoms with Crippen molar-refractivity contribution >= 4 is 5.97 Å². The summed E-state index contributed by atoms with van der Waals surface area (Å²) in [5, 5.41) is 38.4. The van der Waals surface area contributed by atoms with Gasteiger partial charge in [-0.05, 0) is 35.6 Å². The fourth-order valence-corrected chi connectivity index (χ4v) is 2.94. The van der Waals surface area contributed by atoms with Crippen molar-refractivity contribution in [1.82, 2.24) is 0 Å². The number of hydrogen-bond acceptors (Lipinski definition) is 7. The Kier molecular flexibility index (Phi) is 5.86. The van der Waals surface area contributed by atoms with Gasteiger partial charge in [-0.25, -0.2) is 4.79 Å². The summed E-state index contributed by atoms with van der Waals surface area (Å²) in [4.78, 5) is 12.2. The molecular weight excluding hydrogens is 328 g/mol. The monoisotopic (exact) mass is 354 g/mol. The predicted octanol–water partition coefficient (Wildman–Crippen LogP) is 0.249. The molecule has 0 radical (unpaired) electrons. The van der Waals surface area contributed by atoms with Crippen LogP contribution in [0.3, 0.4) is 0 Å². The Balaban J connectivity index is 2.02. The standard InChI is InChI=1S/C18H26O7/c1-9-7-10(5-6-11(9)18(2,3)4)16(22)24-8-12-13(19)14(20)15(21)17(23)25-12/h5-7,12-15,17,19-21,23H,8H2,1-4H3/t12-,13-,14+,15-,17?/m1/s1. The molecule has 0 amide bonds. The van der Waals surface area contributed by atoms with Gasteiger partial charge in [-0.2, -0.15) is 0 Å². The molecule has 1 fully saturated rings. The van der Waals surface area contributed by atoms with Gasteiger partial charge in [0.1, 0.15) is 31.0 Å². The number of esters is 1. The molecule has 0 bridgehead atoms. The van der Waals surface area contributed by atoms with Gasteiger partial charge in [0.25, 0.3) is 0 Å². The molecule has 7 nitrogen and oxygen atoms in total. The summed E-state index contributed by atoms with van der Waals surface area (Å²) in [6.07, 6.45) is -7.46. The minimum Gasteiger partial charge on any atom is -0.459 e. The molecule has 0 aromatic heterocycles. The number of aryl methyl sites for hydroxylation is 1. The second-order valence-electron chi connectivity index (χ2n) is 7.42. The van der Waals surface area contributed by atoms with Crippen molar-refractivity contribution < 1.29 is 34.7 Å². The van der Waals surface area contributed by atoms with E-state index in [-0.39, 0.29) is 12.0 Å². The number of benzene rings is 1. The molecule has 1 aliphatic heterocycles. The topological polar surface area (TPSA) is 116 Å². The SMILES string of the molecule is Cc1cc(C(=O)OC[C@H]2OC(O)[C@H](O)[C@@H](O)[C@@H]2O)ccc1C(C)(C)C. The minimum atomic E-state index is -1.66. The lowest BCUT2D eigenvalue weighted by molar-refractivity contribution is -0.286. The van der Waals surface area contributed by atoms with Crippen LogP contribution in [0.1, 0.15) is 42.3 Å². The average molecular weight is 354 g/mol. The van der Waals surface area contributed by atoms with E-state index in [1.807, 2.05) is 13.0 Å². The van der Waals surface area contributed by atoms with Crippen LogP contribution in [0, 0.1) is 6.92 Å².